The van der Waals surface area contributed by atoms with Gasteiger partial charge in [0.05, 0.1) is 18.7 Å². The van der Waals surface area contributed by atoms with Gasteiger partial charge in [0.15, 0.2) is 0 Å². The Balaban J connectivity index is 1.72. The van der Waals surface area contributed by atoms with E-state index in [2.05, 4.69) is 42.4 Å². The fourth-order valence-electron chi connectivity index (χ4n) is 3.06. The minimum Gasteiger partial charge on any atom is -0.378 e. The zero-order valence-corrected chi connectivity index (χ0v) is 15.8. The minimum absolute atomic E-state index is 0.166. The Morgan fingerprint density at radius 3 is 2.77 bits per heavy atom. The van der Waals surface area contributed by atoms with Gasteiger partial charge in [-0.2, -0.15) is 0 Å². The lowest BCUT2D eigenvalue weighted by atomic mass is 10.1. The number of morpholine rings is 1. The van der Waals surface area contributed by atoms with Crippen LogP contribution in [0, 0.1) is 12.8 Å². The third kappa shape index (κ3) is 4.64. The normalized spacial score (nSPS) is 14.7. The van der Waals surface area contributed by atoms with Crippen molar-refractivity contribution in [1.29, 1.82) is 0 Å². The Labute approximate surface area is 154 Å². The molecular formula is C20H28N4O2. The summed E-state index contributed by atoms with van der Waals surface area (Å²) >= 11 is 0. The molecule has 1 saturated heterocycles. The van der Waals surface area contributed by atoms with Crippen LogP contribution < -0.4 is 15.5 Å². The lowest BCUT2D eigenvalue weighted by Gasteiger charge is -2.28. The van der Waals surface area contributed by atoms with Crippen molar-refractivity contribution in [2.75, 3.05) is 43.1 Å². The van der Waals surface area contributed by atoms with Crippen molar-refractivity contribution >= 4 is 28.4 Å². The summed E-state index contributed by atoms with van der Waals surface area (Å²) in [5.74, 6) is 1.57. The third-order valence-electron chi connectivity index (χ3n) is 4.60. The van der Waals surface area contributed by atoms with E-state index in [4.69, 9.17) is 9.72 Å². The first-order valence-corrected chi connectivity index (χ1v) is 9.32. The highest BCUT2D eigenvalue weighted by Gasteiger charge is 2.14. The van der Waals surface area contributed by atoms with Crippen molar-refractivity contribution in [1.82, 2.24) is 10.3 Å². The van der Waals surface area contributed by atoms with Gasteiger partial charge in [0.25, 0.3) is 0 Å². The number of anilines is 2. The second kappa shape index (κ2) is 8.36. The number of amides is 2. The Morgan fingerprint density at radius 1 is 1.27 bits per heavy atom. The van der Waals surface area contributed by atoms with Crippen LogP contribution in [0.3, 0.4) is 0 Å². The predicted octanol–water partition coefficient (Wildman–Crippen LogP) is 3.55. The lowest BCUT2D eigenvalue weighted by Crippen LogP contribution is -2.36. The minimum atomic E-state index is -0.166. The van der Waals surface area contributed by atoms with Gasteiger partial charge in [-0.05, 0) is 49.1 Å². The highest BCUT2D eigenvalue weighted by atomic mass is 16.5. The van der Waals surface area contributed by atoms with Crippen molar-refractivity contribution in [2.24, 2.45) is 5.92 Å². The number of hydrogen-bond donors (Lipinski definition) is 2. The molecule has 1 aliphatic rings. The summed E-state index contributed by atoms with van der Waals surface area (Å²) in [7, 11) is 0. The number of aromatic nitrogens is 1. The molecule has 2 heterocycles. The average Bonchev–Trinajstić information content (AvgIpc) is 2.62. The van der Waals surface area contributed by atoms with Crippen LogP contribution in [0.5, 0.6) is 0 Å². The highest BCUT2D eigenvalue weighted by molar-refractivity contribution is 5.93. The number of urea groups is 1. The molecule has 2 aromatic rings. The van der Waals surface area contributed by atoms with Gasteiger partial charge in [-0.3, -0.25) is 0 Å². The second-order valence-electron chi connectivity index (χ2n) is 7.19. The summed E-state index contributed by atoms with van der Waals surface area (Å²) in [5.41, 5.74) is 2.88. The van der Waals surface area contributed by atoms with Gasteiger partial charge >= 0.3 is 6.03 Å². The van der Waals surface area contributed by atoms with Crippen molar-refractivity contribution in [3.63, 3.8) is 0 Å². The smallest absolute Gasteiger partial charge is 0.319 e. The van der Waals surface area contributed by atoms with E-state index in [1.54, 1.807) is 0 Å². The number of hydrogen-bond acceptors (Lipinski definition) is 4. The monoisotopic (exact) mass is 356 g/mol. The van der Waals surface area contributed by atoms with E-state index in [0.717, 1.165) is 60.7 Å². The first-order valence-electron chi connectivity index (χ1n) is 9.32. The highest BCUT2D eigenvalue weighted by Crippen LogP contribution is 2.25. The second-order valence-corrected chi connectivity index (χ2v) is 7.19. The number of rotatable bonds is 5. The molecule has 1 aromatic carbocycles. The van der Waals surface area contributed by atoms with Gasteiger partial charge in [0.2, 0.25) is 0 Å². The number of benzene rings is 1. The van der Waals surface area contributed by atoms with Crippen LogP contribution in [-0.2, 0) is 4.74 Å². The predicted molar refractivity (Wildman–Crippen MR) is 106 cm³/mol. The third-order valence-corrected chi connectivity index (χ3v) is 4.60. The summed E-state index contributed by atoms with van der Waals surface area (Å²) in [4.78, 5) is 19.1. The SMILES string of the molecule is Cc1cc(N2CCOCC2)nc2ccc(NC(=O)NCCC(C)C)cc12. The number of carbonyl (C=O) groups excluding carboxylic acids is 1. The average molecular weight is 356 g/mol. The van der Waals surface area contributed by atoms with Gasteiger partial charge in [-0.1, -0.05) is 13.8 Å². The first kappa shape index (κ1) is 18.5. The molecule has 0 saturated carbocycles. The summed E-state index contributed by atoms with van der Waals surface area (Å²) in [6, 6.07) is 7.80. The molecule has 2 N–H and O–H groups in total. The summed E-state index contributed by atoms with van der Waals surface area (Å²) in [6.45, 7) is 10.3. The van der Waals surface area contributed by atoms with E-state index < -0.39 is 0 Å². The number of ether oxygens (including phenoxy) is 1. The Kier molecular flexibility index (Phi) is 5.93. The van der Waals surface area contributed by atoms with E-state index in [0.29, 0.717) is 12.5 Å². The first-order chi connectivity index (χ1) is 12.5. The Hall–Kier alpha value is -2.34. The van der Waals surface area contributed by atoms with Crippen molar-refractivity contribution in [3.8, 4) is 0 Å². The maximum absolute atomic E-state index is 12.0. The van der Waals surface area contributed by atoms with Crippen LogP contribution in [0.1, 0.15) is 25.8 Å². The van der Waals surface area contributed by atoms with Crippen LogP contribution in [0.25, 0.3) is 10.9 Å². The van der Waals surface area contributed by atoms with E-state index in [1.165, 1.54) is 0 Å². The maximum atomic E-state index is 12.0. The topological polar surface area (TPSA) is 66.5 Å². The molecule has 1 aromatic heterocycles. The largest absolute Gasteiger partial charge is 0.378 e. The van der Waals surface area contributed by atoms with Gasteiger partial charge < -0.3 is 20.3 Å². The van der Waals surface area contributed by atoms with E-state index in [1.807, 2.05) is 18.2 Å². The van der Waals surface area contributed by atoms with Crippen molar-refractivity contribution in [2.45, 2.75) is 27.2 Å². The summed E-state index contributed by atoms with van der Waals surface area (Å²) in [6.07, 6.45) is 0.971. The number of aryl methyl sites for hydroxylation is 1. The number of fused-ring (bicyclic) bond motifs is 1. The van der Waals surface area contributed by atoms with Gasteiger partial charge in [0, 0.05) is 30.7 Å². The summed E-state index contributed by atoms with van der Waals surface area (Å²) < 4.78 is 5.42. The summed E-state index contributed by atoms with van der Waals surface area (Å²) in [5, 5.41) is 6.86. The van der Waals surface area contributed by atoms with Crippen LogP contribution in [0.4, 0.5) is 16.3 Å². The van der Waals surface area contributed by atoms with Gasteiger partial charge in [-0.25, -0.2) is 9.78 Å². The van der Waals surface area contributed by atoms with E-state index in [-0.39, 0.29) is 6.03 Å². The fraction of sp³-hybridized carbons (Fsp3) is 0.500. The van der Waals surface area contributed by atoms with Crippen LogP contribution in [-0.4, -0.2) is 43.9 Å². The molecule has 1 aliphatic heterocycles. The van der Waals surface area contributed by atoms with Crippen LogP contribution in [0.15, 0.2) is 24.3 Å². The number of pyridine rings is 1. The number of carbonyl (C=O) groups is 1. The molecule has 0 spiro atoms. The zero-order chi connectivity index (χ0) is 18.5. The number of nitrogens with one attached hydrogen (secondary N) is 2. The fourth-order valence-corrected chi connectivity index (χ4v) is 3.06. The molecule has 2 amide bonds. The van der Waals surface area contributed by atoms with Crippen LogP contribution in [0.2, 0.25) is 0 Å². The standard InChI is InChI=1S/C20H28N4O2/c1-14(2)6-7-21-20(25)22-16-4-5-18-17(13-16)15(3)12-19(23-18)24-8-10-26-11-9-24/h4-5,12-14H,6-11H2,1-3H3,(H2,21,22,25). The quantitative estimate of drug-likeness (QED) is 0.860. The molecule has 0 unspecified atom stereocenters. The van der Waals surface area contributed by atoms with Crippen LogP contribution >= 0.6 is 0 Å². The molecule has 6 nitrogen and oxygen atoms in total. The molecule has 0 radical (unpaired) electrons. The lowest BCUT2D eigenvalue weighted by molar-refractivity contribution is 0.122. The molecule has 140 valence electrons. The molecule has 26 heavy (non-hydrogen) atoms. The van der Waals surface area contributed by atoms with E-state index in [9.17, 15) is 4.79 Å². The molecule has 0 bridgehead atoms. The van der Waals surface area contributed by atoms with Crippen molar-refractivity contribution < 1.29 is 9.53 Å². The van der Waals surface area contributed by atoms with Gasteiger partial charge in [0.1, 0.15) is 5.82 Å². The molecular weight excluding hydrogens is 328 g/mol. The Bertz CT molecular complexity index is 770. The number of nitrogens with zero attached hydrogens (tertiary/aromatic N) is 2. The molecule has 6 heteroatoms. The molecule has 3 rings (SSSR count). The van der Waals surface area contributed by atoms with Crippen molar-refractivity contribution in [3.05, 3.63) is 29.8 Å². The molecule has 0 atom stereocenters. The van der Waals surface area contributed by atoms with E-state index >= 15 is 0 Å². The maximum Gasteiger partial charge on any atom is 0.319 e. The molecule has 1 fully saturated rings. The zero-order valence-electron chi connectivity index (χ0n) is 15.8. The molecule has 0 aliphatic carbocycles. The van der Waals surface area contributed by atoms with Gasteiger partial charge in [-0.15, -0.1) is 0 Å². The Morgan fingerprint density at radius 2 is 2.04 bits per heavy atom.